The van der Waals surface area contributed by atoms with Crippen LogP contribution >= 0.6 is 12.4 Å². The van der Waals surface area contributed by atoms with Crippen molar-refractivity contribution in [3.63, 3.8) is 0 Å². The highest BCUT2D eigenvalue weighted by Crippen LogP contribution is 2.17. The van der Waals surface area contributed by atoms with E-state index in [1.54, 1.807) is 0 Å². The Morgan fingerprint density at radius 2 is 2.35 bits per heavy atom. The van der Waals surface area contributed by atoms with Crippen LogP contribution in [-0.2, 0) is 4.74 Å². The van der Waals surface area contributed by atoms with Gasteiger partial charge in [-0.1, -0.05) is 0 Å². The smallest absolute Gasteiger partial charge is 0.274 e. The highest BCUT2D eigenvalue weighted by atomic mass is 35.5. The number of likely N-dealkylation sites (N-methyl/N-ethyl adjacent to an activating group) is 1. The third-order valence-corrected chi connectivity index (χ3v) is 4.59. The molecule has 0 saturated carbocycles. The average Bonchev–Trinajstić information content (AvgIpc) is 3.24. The van der Waals surface area contributed by atoms with Gasteiger partial charge in [0.2, 0.25) is 0 Å². The zero-order valence-corrected chi connectivity index (χ0v) is 14.6. The van der Waals surface area contributed by atoms with Gasteiger partial charge in [0.1, 0.15) is 5.69 Å². The summed E-state index contributed by atoms with van der Waals surface area (Å²) in [5.41, 5.74) is 0.547. The van der Waals surface area contributed by atoms with Crippen LogP contribution in [0.1, 0.15) is 49.1 Å². The average molecular weight is 343 g/mol. The fraction of sp³-hybridized carbons (Fsp3) is 0.750. The molecule has 23 heavy (non-hydrogen) atoms. The first kappa shape index (κ1) is 18.2. The monoisotopic (exact) mass is 342 g/mol. The Balaban J connectivity index is 0.00000192. The second-order valence-corrected chi connectivity index (χ2v) is 6.16. The van der Waals surface area contributed by atoms with Crippen LogP contribution in [0, 0.1) is 0 Å². The number of amides is 1. The van der Waals surface area contributed by atoms with E-state index in [2.05, 4.69) is 10.4 Å². The molecular weight excluding hydrogens is 316 g/mol. The lowest BCUT2D eigenvalue weighted by molar-refractivity contribution is 0.0534. The summed E-state index contributed by atoms with van der Waals surface area (Å²) in [6.07, 6.45) is 6.55. The molecule has 0 aromatic carbocycles. The number of halogens is 1. The largest absolute Gasteiger partial charge is 0.376 e. The maximum Gasteiger partial charge on any atom is 0.274 e. The molecule has 6 nitrogen and oxygen atoms in total. The molecule has 2 unspecified atom stereocenters. The first-order valence-corrected chi connectivity index (χ1v) is 8.44. The number of rotatable bonds is 5. The number of aromatic nitrogens is 2. The van der Waals surface area contributed by atoms with Crippen LogP contribution in [0.4, 0.5) is 0 Å². The van der Waals surface area contributed by atoms with Gasteiger partial charge in [0.25, 0.3) is 5.91 Å². The van der Waals surface area contributed by atoms with Gasteiger partial charge in [-0.15, -0.1) is 12.4 Å². The van der Waals surface area contributed by atoms with Crippen molar-refractivity contribution in [1.82, 2.24) is 20.0 Å². The predicted octanol–water partition coefficient (Wildman–Crippen LogP) is 1.87. The van der Waals surface area contributed by atoms with Crippen molar-refractivity contribution in [2.75, 3.05) is 32.8 Å². The van der Waals surface area contributed by atoms with Crippen LogP contribution in [0.2, 0.25) is 0 Å². The van der Waals surface area contributed by atoms with E-state index in [0.29, 0.717) is 24.8 Å². The van der Waals surface area contributed by atoms with Gasteiger partial charge in [-0.2, -0.15) is 5.10 Å². The van der Waals surface area contributed by atoms with Crippen molar-refractivity contribution >= 4 is 18.3 Å². The third-order valence-electron chi connectivity index (χ3n) is 4.59. The molecule has 2 saturated heterocycles. The lowest BCUT2D eigenvalue weighted by atomic mass is 10.1. The number of carbonyl (C=O) groups excluding carboxylic acids is 1. The van der Waals surface area contributed by atoms with Crippen molar-refractivity contribution in [1.29, 1.82) is 0 Å². The van der Waals surface area contributed by atoms with Crippen LogP contribution in [0.3, 0.4) is 0 Å². The topological polar surface area (TPSA) is 59.4 Å². The molecule has 130 valence electrons. The molecule has 7 heteroatoms. The van der Waals surface area contributed by atoms with Gasteiger partial charge < -0.3 is 15.0 Å². The van der Waals surface area contributed by atoms with Crippen molar-refractivity contribution < 1.29 is 9.53 Å². The van der Waals surface area contributed by atoms with Crippen LogP contribution in [0.25, 0.3) is 0 Å². The minimum absolute atomic E-state index is 0. The number of piperidine rings is 1. The molecule has 2 fully saturated rings. The third kappa shape index (κ3) is 4.46. The number of carbonyl (C=O) groups is 1. The fourth-order valence-electron chi connectivity index (χ4n) is 3.27. The Morgan fingerprint density at radius 1 is 1.48 bits per heavy atom. The first-order valence-electron chi connectivity index (χ1n) is 8.44. The van der Waals surface area contributed by atoms with Crippen LogP contribution in [0.15, 0.2) is 12.3 Å². The van der Waals surface area contributed by atoms with Crippen LogP contribution in [0.5, 0.6) is 0 Å². The van der Waals surface area contributed by atoms with E-state index >= 15 is 0 Å². The van der Waals surface area contributed by atoms with Crippen molar-refractivity contribution in [2.24, 2.45) is 0 Å². The first-order chi connectivity index (χ1) is 10.8. The summed E-state index contributed by atoms with van der Waals surface area (Å²) >= 11 is 0. The van der Waals surface area contributed by atoms with Crippen LogP contribution < -0.4 is 5.32 Å². The van der Waals surface area contributed by atoms with Gasteiger partial charge >= 0.3 is 0 Å². The normalized spacial score (nSPS) is 24.2. The SMILES string of the molecule is CCN(CC1CCCO1)C(=O)c1ccn(C2CCCNC2)n1.Cl. The van der Waals surface area contributed by atoms with E-state index < -0.39 is 0 Å². The van der Waals surface area contributed by atoms with Gasteiger partial charge in [0.05, 0.1) is 12.1 Å². The summed E-state index contributed by atoms with van der Waals surface area (Å²) in [4.78, 5) is 14.5. The summed E-state index contributed by atoms with van der Waals surface area (Å²) in [6.45, 7) is 6.20. The minimum atomic E-state index is 0. The lowest BCUT2D eigenvalue weighted by Crippen LogP contribution is -2.37. The molecule has 3 rings (SSSR count). The quantitative estimate of drug-likeness (QED) is 0.887. The van der Waals surface area contributed by atoms with Crippen LogP contribution in [-0.4, -0.2) is 59.5 Å². The second-order valence-electron chi connectivity index (χ2n) is 6.16. The van der Waals surface area contributed by atoms with Gasteiger partial charge in [-0.3, -0.25) is 9.48 Å². The number of hydrogen-bond donors (Lipinski definition) is 1. The zero-order chi connectivity index (χ0) is 15.4. The Labute approximate surface area is 144 Å². The zero-order valence-electron chi connectivity index (χ0n) is 13.7. The molecule has 0 bridgehead atoms. The number of nitrogens with one attached hydrogen (secondary N) is 1. The molecular formula is C16H27ClN4O2. The Hall–Kier alpha value is -1.11. The fourth-order valence-corrected chi connectivity index (χ4v) is 3.27. The van der Waals surface area contributed by atoms with Crippen molar-refractivity contribution in [3.8, 4) is 0 Å². The lowest BCUT2D eigenvalue weighted by Gasteiger charge is -2.24. The molecule has 2 aliphatic rings. The summed E-state index contributed by atoms with van der Waals surface area (Å²) in [7, 11) is 0. The second kappa shape index (κ2) is 8.66. The maximum atomic E-state index is 12.6. The van der Waals surface area contributed by atoms with E-state index in [9.17, 15) is 4.79 Å². The molecule has 2 aliphatic heterocycles. The molecule has 0 radical (unpaired) electrons. The molecule has 2 atom stereocenters. The Kier molecular flexibility index (Phi) is 6.87. The van der Waals surface area contributed by atoms with Gasteiger partial charge in [-0.05, 0) is 45.2 Å². The summed E-state index contributed by atoms with van der Waals surface area (Å²) < 4.78 is 7.59. The van der Waals surface area contributed by atoms with Gasteiger partial charge in [-0.25, -0.2) is 0 Å². The molecule has 1 aromatic heterocycles. The van der Waals surface area contributed by atoms with E-state index in [0.717, 1.165) is 45.4 Å². The van der Waals surface area contributed by atoms with E-state index in [1.807, 2.05) is 28.8 Å². The standard InChI is InChI=1S/C16H26N4O2.ClH/c1-2-19(12-14-6-4-10-22-14)16(21)15-7-9-20(18-15)13-5-3-8-17-11-13;/h7,9,13-14,17H,2-6,8,10-12H2,1H3;1H. The highest BCUT2D eigenvalue weighted by Gasteiger charge is 2.24. The molecule has 0 spiro atoms. The number of nitrogens with zero attached hydrogens (tertiary/aromatic N) is 3. The summed E-state index contributed by atoms with van der Waals surface area (Å²) in [5.74, 6) is 0.0144. The number of ether oxygens (including phenoxy) is 1. The molecule has 1 N–H and O–H groups in total. The van der Waals surface area contributed by atoms with Crippen molar-refractivity contribution in [2.45, 2.75) is 44.8 Å². The molecule has 1 aromatic rings. The maximum absolute atomic E-state index is 12.6. The number of hydrogen-bond acceptors (Lipinski definition) is 4. The summed E-state index contributed by atoms with van der Waals surface area (Å²) in [5, 5.41) is 7.90. The van der Waals surface area contributed by atoms with E-state index in [4.69, 9.17) is 4.74 Å². The Bertz CT molecular complexity index is 496. The van der Waals surface area contributed by atoms with Gasteiger partial charge in [0.15, 0.2) is 0 Å². The van der Waals surface area contributed by atoms with E-state index in [-0.39, 0.29) is 24.4 Å². The molecule has 0 aliphatic carbocycles. The van der Waals surface area contributed by atoms with Crippen molar-refractivity contribution in [3.05, 3.63) is 18.0 Å². The van der Waals surface area contributed by atoms with E-state index in [1.165, 1.54) is 0 Å². The molecule has 1 amide bonds. The van der Waals surface area contributed by atoms with Gasteiger partial charge in [0, 0.05) is 32.4 Å². The highest BCUT2D eigenvalue weighted by molar-refractivity contribution is 5.92. The Morgan fingerprint density at radius 3 is 3.00 bits per heavy atom. The summed E-state index contributed by atoms with van der Waals surface area (Å²) in [6, 6.07) is 2.21. The minimum Gasteiger partial charge on any atom is -0.376 e. The molecule has 3 heterocycles. The predicted molar refractivity (Wildman–Crippen MR) is 91.2 cm³/mol.